The van der Waals surface area contributed by atoms with Gasteiger partial charge in [-0.1, -0.05) is 41.1 Å². The standard InChI is InChI=1S/C23H25F3N2O4S/c1-2-33(30,31)27-21-19(28(14-23(21,25)26)22(29)20-9-10-32-20)12-15-5-3-6-16(11-15)17-7-4-8-18(24)13-17/h3-8,11,13,19-21H,2,9-10,12,14H2,1H3,(H-,27,30,31)/p+1/t19-,20?,21+/m0/s1. The number of halogens is 3. The molecule has 4 rings (SSSR count). The summed E-state index contributed by atoms with van der Waals surface area (Å²) in [7, 11) is -3.71. The van der Waals surface area contributed by atoms with E-state index in [0.29, 0.717) is 29.7 Å². The normalized spacial score (nSPS) is 26.0. The fourth-order valence-corrected chi connectivity index (χ4v) is 5.12. The second-order valence-corrected chi connectivity index (χ2v) is 10.5. The number of alkyl halides is 2. The lowest BCUT2D eigenvalue weighted by Crippen LogP contribution is -2.55. The van der Waals surface area contributed by atoms with Gasteiger partial charge in [0, 0.05) is 6.42 Å². The summed E-state index contributed by atoms with van der Waals surface area (Å²) >= 11 is 0. The second kappa shape index (κ2) is 9.17. The number of carbonyl (C=O) groups excluding carboxylic acids is 1. The average molecular weight is 484 g/mol. The first-order valence-corrected chi connectivity index (χ1v) is 12.4. The van der Waals surface area contributed by atoms with Crippen molar-refractivity contribution in [1.29, 1.82) is 0 Å². The number of likely N-dealkylation sites (tertiary alicyclic amines) is 1. The van der Waals surface area contributed by atoms with Gasteiger partial charge in [0.2, 0.25) is 0 Å². The lowest BCUT2D eigenvalue weighted by atomic mass is 9.96. The summed E-state index contributed by atoms with van der Waals surface area (Å²) in [4.78, 5) is 14.0. The van der Waals surface area contributed by atoms with E-state index in [0.717, 1.165) is 4.90 Å². The molecule has 1 amide bonds. The molecule has 2 saturated heterocycles. The van der Waals surface area contributed by atoms with Gasteiger partial charge in [-0.2, -0.15) is 4.55 Å². The molecule has 33 heavy (non-hydrogen) atoms. The summed E-state index contributed by atoms with van der Waals surface area (Å²) in [6, 6.07) is 10.2. The molecule has 2 unspecified atom stereocenters. The highest BCUT2D eigenvalue weighted by Crippen LogP contribution is 2.37. The molecule has 178 valence electrons. The number of hydrogen-bond acceptors (Lipinski definition) is 3. The van der Waals surface area contributed by atoms with Crippen molar-refractivity contribution in [2.45, 2.75) is 43.9 Å². The molecule has 2 fully saturated rings. The van der Waals surface area contributed by atoms with E-state index in [4.69, 9.17) is 4.74 Å². The summed E-state index contributed by atoms with van der Waals surface area (Å²) in [5.74, 6) is -4.60. The van der Waals surface area contributed by atoms with Crippen molar-refractivity contribution in [2.24, 2.45) is 0 Å². The molecule has 0 radical (unpaired) electrons. The van der Waals surface area contributed by atoms with E-state index in [1.807, 2.05) is 0 Å². The van der Waals surface area contributed by atoms with Crippen molar-refractivity contribution in [1.82, 2.24) is 9.62 Å². The van der Waals surface area contributed by atoms with Crippen molar-refractivity contribution < 1.29 is 31.5 Å². The van der Waals surface area contributed by atoms with E-state index in [-0.39, 0.29) is 12.2 Å². The van der Waals surface area contributed by atoms with Crippen LogP contribution in [0.25, 0.3) is 11.1 Å². The Morgan fingerprint density at radius 2 is 1.91 bits per heavy atom. The van der Waals surface area contributed by atoms with E-state index in [1.54, 1.807) is 36.4 Å². The lowest BCUT2D eigenvalue weighted by molar-refractivity contribution is -0.158. The van der Waals surface area contributed by atoms with Crippen LogP contribution in [0.1, 0.15) is 18.9 Å². The predicted octanol–water partition coefficient (Wildman–Crippen LogP) is 3.54. The summed E-state index contributed by atoms with van der Waals surface area (Å²) < 4.78 is 73.5. The molecule has 2 aromatic rings. The number of nitrogens with one attached hydrogen (secondary N) is 1. The molecule has 2 aliphatic rings. The molecule has 0 aromatic heterocycles. The Hall–Kier alpha value is -2.27. The van der Waals surface area contributed by atoms with Gasteiger partial charge in [-0.3, -0.25) is 4.79 Å². The third kappa shape index (κ3) is 5.13. The van der Waals surface area contributed by atoms with Gasteiger partial charge < -0.3 is 9.64 Å². The van der Waals surface area contributed by atoms with Crippen molar-refractivity contribution in [2.75, 3.05) is 18.9 Å². The number of carbonyl (C=O) groups is 1. The largest absolute Gasteiger partial charge is 0.368 e. The first kappa shape index (κ1) is 23.9. The van der Waals surface area contributed by atoms with Gasteiger partial charge in [-0.05, 0) is 46.4 Å². The summed E-state index contributed by atoms with van der Waals surface area (Å²) in [5, 5.41) is 0. The van der Waals surface area contributed by atoms with Crippen LogP contribution in [0.5, 0.6) is 0 Å². The number of benzene rings is 2. The van der Waals surface area contributed by atoms with E-state index < -0.39 is 52.8 Å². The van der Waals surface area contributed by atoms with Gasteiger partial charge in [-0.25, -0.2) is 13.2 Å². The number of rotatable bonds is 7. The number of ether oxygens (including phenoxy) is 1. The lowest BCUT2D eigenvalue weighted by Gasteiger charge is -2.33. The van der Waals surface area contributed by atoms with E-state index in [2.05, 4.69) is 4.72 Å². The molecular formula is C23H26F3N2O4S+. The van der Waals surface area contributed by atoms with Crippen molar-refractivity contribution >= 4 is 16.3 Å². The topological polar surface area (TPSA) is 78.9 Å². The number of amides is 1. The number of nitrogens with zero attached hydrogens (tertiary/aromatic N) is 1. The van der Waals surface area contributed by atoms with Crippen LogP contribution in [0.15, 0.2) is 48.5 Å². The maximum absolute atomic E-state index is 15.0. The Labute approximate surface area is 191 Å². The van der Waals surface area contributed by atoms with Crippen LogP contribution in [-0.2, 0) is 30.6 Å². The van der Waals surface area contributed by atoms with Crippen molar-refractivity contribution in [3.63, 3.8) is 0 Å². The van der Waals surface area contributed by atoms with Gasteiger partial charge in [0.15, 0.2) is 5.75 Å². The van der Waals surface area contributed by atoms with Crippen LogP contribution < -0.4 is 4.72 Å². The van der Waals surface area contributed by atoms with Crippen LogP contribution in [0, 0.1) is 5.82 Å². The zero-order chi connectivity index (χ0) is 23.8. The Morgan fingerprint density at radius 3 is 2.52 bits per heavy atom. The first-order valence-electron chi connectivity index (χ1n) is 10.8. The molecule has 10 heteroatoms. The highest BCUT2D eigenvalue weighted by Gasteiger charge is 2.59. The Balaban J connectivity index is 1.66. The SMILES string of the molecule is CC[S+](=O)(O)N[C@@H]1[C@H](Cc2cccc(-c3cccc(F)c3)c2)N(C(=O)C2CCO2)CC1(F)F. The monoisotopic (exact) mass is 483 g/mol. The van der Waals surface area contributed by atoms with Gasteiger partial charge >= 0.3 is 0 Å². The minimum Gasteiger partial charge on any atom is -0.368 e. The third-order valence-electron chi connectivity index (χ3n) is 6.11. The first-order chi connectivity index (χ1) is 15.6. The van der Waals surface area contributed by atoms with Crippen molar-refractivity contribution in [3.8, 4) is 11.1 Å². The van der Waals surface area contributed by atoms with E-state index in [9.17, 15) is 17.9 Å². The quantitative estimate of drug-likeness (QED) is 0.591. The molecule has 6 nitrogen and oxygen atoms in total. The van der Waals surface area contributed by atoms with Crippen LogP contribution in [-0.4, -0.2) is 58.4 Å². The average Bonchev–Trinajstić information content (AvgIpc) is 2.97. The van der Waals surface area contributed by atoms with Gasteiger partial charge in [0.25, 0.3) is 22.2 Å². The van der Waals surface area contributed by atoms with Gasteiger partial charge in [-0.15, -0.1) is 0 Å². The van der Waals surface area contributed by atoms with Crippen LogP contribution in [0.4, 0.5) is 13.2 Å². The zero-order valence-electron chi connectivity index (χ0n) is 18.0. The van der Waals surface area contributed by atoms with Crippen LogP contribution in [0.2, 0.25) is 0 Å². The molecule has 0 spiro atoms. The van der Waals surface area contributed by atoms with Gasteiger partial charge in [0.1, 0.15) is 18.0 Å². The minimum atomic E-state index is -3.71. The maximum atomic E-state index is 15.0. The van der Waals surface area contributed by atoms with E-state index in [1.165, 1.54) is 19.1 Å². The predicted molar refractivity (Wildman–Crippen MR) is 118 cm³/mol. The smallest absolute Gasteiger partial charge is 0.288 e. The Morgan fingerprint density at radius 1 is 1.24 bits per heavy atom. The molecule has 0 aliphatic carbocycles. The second-order valence-electron chi connectivity index (χ2n) is 8.38. The molecule has 2 N–H and O–H groups in total. The summed E-state index contributed by atoms with van der Waals surface area (Å²) in [5.41, 5.74) is 1.96. The molecule has 0 saturated carbocycles. The fourth-order valence-electron chi connectivity index (χ4n) is 4.22. The molecule has 0 bridgehead atoms. The van der Waals surface area contributed by atoms with Crippen LogP contribution in [0.3, 0.4) is 0 Å². The highest BCUT2D eigenvalue weighted by molar-refractivity contribution is 7.95. The minimum absolute atomic E-state index is 0.0219. The van der Waals surface area contributed by atoms with E-state index >= 15 is 8.78 Å². The van der Waals surface area contributed by atoms with Crippen molar-refractivity contribution in [3.05, 3.63) is 59.9 Å². The van der Waals surface area contributed by atoms with Gasteiger partial charge in [0.05, 0.1) is 19.2 Å². The number of hydrogen-bond donors (Lipinski definition) is 2. The molecule has 2 aromatic carbocycles. The zero-order valence-corrected chi connectivity index (χ0v) is 18.9. The molecule has 2 aliphatic heterocycles. The Bertz CT molecular complexity index is 1080. The summed E-state index contributed by atoms with van der Waals surface area (Å²) in [6.07, 6.45) is -0.300. The molecule has 4 atom stereocenters. The highest BCUT2D eigenvalue weighted by atomic mass is 32.3. The Kier molecular flexibility index (Phi) is 6.63. The molecule has 2 heterocycles. The fraction of sp³-hybridized carbons (Fsp3) is 0.435. The van der Waals surface area contributed by atoms with Crippen LogP contribution >= 0.6 is 0 Å². The summed E-state index contributed by atoms with van der Waals surface area (Å²) in [6.45, 7) is 0.949. The third-order valence-corrected chi connectivity index (χ3v) is 7.52. The molecular weight excluding hydrogens is 457 g/mol. The maximum Gasteiger partial charge on any atom is 0.288 e.